The van der Waals surface area contributed by atoms with Crippen LogP contribution in [0.1, 0.15) is 49.2 Å². The third-order valence-electron chi connectivity index (χ3n) is 6.57. The fourth-order valence-electron chi connectivity index (χ4n) is 4.56. The molecule has 3 aromatic rings. The van der Waals surface area contributed by atoms with Gasteiger partial charge in [-0.15, -0.1) is 0 Å². The Kier molecular flexibility index (Phi) is 8.97. The van der Waals surface area contributed by atoms with Crippen LogP contribution >= 0.6 is 11.6 Å². The molecule has 1 aliphatic rings. The summed E-state index contributed by atoms with van der Waals surface area (Å²) in [5.74, 6) is -0.0918. The Labute approximate surface area is 236 Å². The van der Waals surface area contributed by atoms with Crippen molar-refractivity contribution in [3.05, 3.63) is 64.3 Å². The molecule has 2 N–H and O–H groups in total. The number of carboxylic acid groups (broad SMARTS) is 1. The van der Waals surface area contributed by atoms with E-state index in [1.165, 1.54) is 14.2 Å². The number of fused-ring (bicyclic) bond motifs is 1. The summed E-state index contributed by atoms with van der Waals surface area (Å²) >= 11 is 6.45. The number of anilines is 1. The molecule has 214 valence electrons. The molecule has 2 heterocycles. The molecule has 0 spiro atoms. The number of amides is 1. The van der Waals surface area contributed by atoms with Gasteiger partial charge in [-0.1, -0.05) is 42.7 Å². The number of ether oxygens (including phenoxy) is 3. The van der Waals surface area contributed by atoms with Crippen LogP contribution in [-0.2, 0) is 27.2 Å². The minimum absolute atomic E-state index is 0.0457. The van der Waals surface area contributed by atoms with Crippen LogP contribution in [0.15, 0.2) is 40.9 Å². The molecule has 11 nitrogen and oxygen atoms in total. The maximum atomic E-state index is 14.1. The van der Waals surface area contributed by atoms with Gasteiger partial charge in [0.1, 0.15) is 12.2 Å². The highest BCUT2D eigenvalue weighted by atomic mass is 35.5. The first-order chi connectivity index (χ1) is 19.1. The number of benzene rings is 2. The SMILES string of the molecule is COc1cccc([C@H]2O[C@H](Cc3noc(CCC(=O)O)n3)C(=O)N(CC(C)(C)CO)c3ccc(Cl)cc32)c1OC. The summed E-state index contributed by atoms with van der Waals surface area (Å²) in [4.78, 5) is 31.0. The molecule has 0 fully saturated rings. The number of hydrogen-bond acceptors (Lipinski definition) is 9. The molecule has 12 heteroatoms. The van der Waals surface area contributed by atoms with E-state index in [0.29, 0.717) is 33.3 Å². The Morgan fingerprint density at radius 2 is 1.95 bits per heavy atom. The van der Waals surface area contributed by atoms with Gasteiger partial charge >= 0.3 is 5.97 Å². The maximum Gasteiger partial charge on any atom is 0.303 e. The van der Waals surface area contributed by atoms with E-state index in [-0.39, 0.29) is 50.0 Å². The summed E-state index contributed by atoms with van der Waals surface area (Å²) in [6, 6.07) is 10.6. The summed E-state index contributed by atoms with van der Waals surface area (Å²) in [7, 11) is 3.05. The number of rotatable bonds is 11. The van der Waals surface area contributed by atoms with E-state index in [2.05, 4.69) is 10.1 Å². The number of nitrogens with zero attached hydrogens (tertiary/aromatic N) is 3. The minimum atomic E-state index is -1.08. The number of aryl methyl sites for hydroxylation is 1. The first-order valence-electron chi connectivity index (χ1n) is 12.7. The molecule has 40 heavy (non-hydrogen) atoms. The van der Waals surface area contributed by atoms with E-state index in [1.807, 2.05) is 19.9 Å². The maximum absolute atomic E-state index is 14.1. The number of carbonyl (C=O) groups is 2. The number of aromatic nitrogens is 2. The van der Waals surface area contributed by atoms with Crippen molar-refractivity contribution in [1.82, 2.24) is 10.1 Å². The highest BCUT2D eigenvalue weighted by molar-refractivity contribution is 6.30. The van der Waals surface area contributed by atoms with Gasteiger partial charge in [0.15, 0.2) is 17.3 Å². The van der Waals surface area contributed by atoms with Gasteiger partial charge in [0.05, 0.1) is 20.6 Å². The van der Waals surface area contributed by atoms with Crippen molar-refractivity contribution in [1.29, 1.82) is 0 Å². The predicted molar refractivity (Wildman–Crippen MR) is 145 cm³/mol. The molecule has 0 saturated carbocycles. The van der Waals surface area contributed by atoms with Gasteiger partial charge in [-0.3, -0.25) is 9.59 Å². The highest BCUT2D eigenvalue weighted by Crippen LogP contribution is 2.45. The minimum Gasteiger partial charge on any atom is -0.493 e. The zero-order valence-electron chi connectivity index (χ0n) is 22.7. The quantitative estimate of drug-likeness (QED) is 0.347. The average molecular weight is 574 g/mol. The fourth-order valence-corrected chi connectivity index (χ4v) is 4.74. The van der Waals surface area contributed by atoms with E-state index in [1.54, 1.807) is 35.2 Å². The van der Waals surface area contributed by atoms with Crippen molar-refractivity contribution < 1.29 is 38.5 Å². The fraction of sp³-hybridized carbons (Fsp3) is 0.429. The number of halogens is 1. The van der Waals surface area contributed by atoms with E-state index in [4.69, 9.17) is 35.4 Å². The van der Waals surface area contributed by atoms with Crippen molar-refractivity contribution in [2.24, 2.45) is 5.41 Å². The topological polar surface area (TPSA) is 144 Å². The normalized spacial score (nSPS) is 17.4. The van der Waals surface area contributed by atoms with Gasteiger partial charge in [0.2, 0.25) is 5.89 Å². The van der Waals surface area contributed by atoms with Crippen LogP contribution in [0.3, 0.4) is 0 Å². The summed E-state index contributed by atoms with van der Waals surface area (Å²) in [6.45, 7) is 3.74. The molecule has 2 aromatic carbocycles. The lowest BCUT2D eigenvalue weighted by molar-refractivity contribution is -0.137. The molecule has 2 atom stereocenters. The van der Waals surface area contributed by atoms with Gasteiger partial charge in [0, 0.05) is 53.2 Å². The molecule has 0 radical (unpaired) electrons. The smallest absolute Gasteiger partial charge is 0.303 e. The molecule has 0 saturated heterocycles. The Bertz CT molecular complexity index is 1380. The van der Waals surface area contributed by atoms with E-state index in [9.17, 15) is 14.7 Å². The zero-order chi connectivity index (χ0) is 29.0. The summed E-state index contributed by atoms with van der Waals surface area (Å²) in [5.41, 5.74) is 1.17. The van der Waals surface area contributed by atoms with Gasteiger partial charge in [-0.05, 0) is 24.3 Å². The average Bonchev–Trinajstić information content (AvgIpc) is 3.35. The number of hydrogen-bond donors (Lipinski definition) is 2. The van der Waals surface area contributed by atoms with E-state index < -0.39 is 23.6 Å². The predicted octanol–water partition coefficient (Wildman–Crippen LogP) is 3.84. The van der Waals surface area contributed by atoms with E-state index in [0.717, 1.165) is 0 Å². The number of aliphatic hydroxyl groups excluding tert-OH is 1. The van der Waals surface area contributed by atoms with Gasteiger partial charge < -0.3 is 33.8 Å². The first-order valence-corrected chi connectivity index (χ1v) is 13.1. The molecule has 1 aliphatic heterocycles. The molecule has 1 aromatic heterocycles. The number of aliphatic carboxylic acids is 1. The molecule has 0 bridgehead atoms. The number of methoxy groups -OCH3 is 2. The molecule has 1 amide bonds. The van der Waals surface area contributed by atoms with Crippen LogP contribution in [0.5, 0.6) is 11.5 Å². The molecule has 0 unspecified atom stereocenters. The van der Waals surface area contributed by atoms with Crippen LogP contribution in [0.25, 0.3) is 0 Å². The van der Waals surface area contributed by atoms with Crippen molar-refractivity contribution >= 4 is 29.2 Å². The van der Waals surface area contributed by atoms with Crippen LogP contribution in [0.2, 0.25) is 5.02 Å². The second kappa shape index (κ2) is 12.2. The Morgan fingerprint density at radius 1 is 1.18 bits per heavy atom. The second-order valence-electron chi connectivity index (χ2n) is 10.2. The van der Waals surface area contributed by atoms with Crippen LogP contribution in [-0.4, -0.2) is 65.7 Å². The Balaban J connectivity index is 1.83. The Morgan fingerprint density at radius 3 is 2.62 bits per heavy atom. The summed E-state index contributed by atoms with van der Waals surface area (Å²) < 4.78 is 23.0. The van der Waals surface area contributed by atoms with Crippen molar-refractivity contribution in [2.75, 3.05) is 32.3 Å². The highest BCUT2D eigenvalue weighted by Gasteiger charge is 2.40. The third kappa shape index (κ3) is 6.38. The largest absolute Gasteiger partial charge is 0.493 e. The van der Waals surface area contributed by atoms with Crippen molar-refractivity contribution in [2.45, 2.75) is 45.3 Å². The van der Waals surface area contributed by atoms with Gasteiger partial charge in [-0.25, -0.2) is 0 Å². The first kappa shape index (κ1) is 29.3. The Hall–Kier alpha value is -3.67. The zero-order valence-corrected chi connectivity index (χ0v) is 23.5. The lowest BCUT2D eigenvalue weighted by Gasteiger charge is -2.32. The van der Waals surface area contributed by atoms with Gasteiger partial charge in [0.25, 0.3) is 5.91 Å². The van der Waals surface area contributed by atoms with Crippen LogP contribution in [0.4, 0.5) is 5.69 Å². The molecule has 0 aliphatic carbocycles. The lowest BCUT2D eigenvalue weighted by atomic mass is 9.92. The van der Waals surface area contributed by atoms with Gasteiger partial charge in [-0.2, -0.15) is 4.98 Å². The van der Waals surface area contributed by atoms with Crippen LogP contribution in [0, 0.1) is 5.41 Å². The molecular formula is C28H32ClN3O8. The summed E-state index contributed by atoms with van der Waals surface area (Å²) in [6.07, 6.45) is -2.04. The van der Waals surface area contributed by atoms with Crippen LogP contribution < -0.4 is 14.4 Å². The second-order valence-corrected chi connectivity index (χ2v) is 10.7. The third-order valence-corrected chi connectivity index (χ3v) is 6.80. The number of carboxylic acids is 1. The van der Waals surface area contributed by atoms with E-state index >= 15 is 0 Å². The number of para-hydroxylation sites is 1. The standard InChI is InChI=1S/C28H32ClN3O8/c1-28(2,15-33)14-32-19-9-8-16(29)12-18(19)25(17-6-5-7-20(37-3)26(17)38-4)39-21(27(32)36)13-22-30-23(40-31-22)10-11-24(34)35/h5-9,12,21,25,33H,10-11,13-15H2,1-4H3,(H,34,35)/t21-,25-/m1/s1. The van der Waals surface area contributed by atoms with Crippen molar-refractivity contribution in [3.63, 3.8) is 0 Å². The monoisotopic (exact) mass is 573 g/mol. The molecular weight excluding hydrogens is 542 g/mol. The lowest BCUT2D eigenvalue weighted by Crippen LogP contribution is -2.46. The molecule has 4 rings (SSSR count). The number of carbonyl (C=O) groups excluding carboxylic acids is 1. The van der Waals surface area contributed by atoms with Crippen molar-refractivity contribution in [3.8, 4) is 11.5 Å². The summed E-state index contributed by atoms with van der Waals surface area (Å²) in [5, 5.41) is 23.4. The number of aliphatic hydroxyl groups is 1.